The van der Waals surface area contributed by atoms with Crippen molar-refractivity contribution in [3.8, 4) is 5.75 Å². The number of carbonyl (C=O) groups excluding carboxylic acids is 2. The van der Waals surface area contributed by atoms with E-state index in [1.807, 2.05) is 30.3 Å². The molecule has 37 heavy (non-hydrogen) atoms. The van der Waals surface area contributed by atoms with Crippen LogP contribution in [0.5, 0.6) is 5.75 Å². The lowest BCUT2D eigenvalue weighted by atomic mass is 9.85. The number of likely N-dealkylation sites (tertiary alicyclic amines) is 1. The van der Waals surface area contributed by atoms with Crippen LogP contribution < -0.4 is 4.74 Å². The van der Waals surface area contributed by atoms with Crippen LogP contribution in [-0.4, -0.2) is 33.7 Å². The molecule has 3 aromatic carbocycles. The number of benzene rings is 3. The first kappa shape index (κ1) is 25.6. The molecule has 1 N–H and O–H groups in total. The molecule has 4 rings (SSSR count). The summed E-state index contributed by atoms with van der Waals surface area (Å²) in [6, 6.07) is 19.2. The van der Waals surface area contributed by atoms with Crippen molar-refractivity contribution in [1.82, 2.24) is 4.90 Å². The van der Waals surface area contributed by atoms with E-state index in [1.54, 1.807) is 25.3 Å². The van der Waals surface area contributed by atoms with Gasteiger partial charge in [0, 0.05) is 24.2 Å². The number of methoxy groups -OCH3 is 1. The summed E-state index contributed by atoms with van der Waals surface area (Å²) in [6.07, 6.45) is 0. The maximum atomic E-state index is 13.3. The number of nitrogens with zero attached hydrogens (tertiary/aromatic N) is 2. The van der Waals surface area contributed by atoms with Gasteiger partial charge >= 0.3 is 0 Å². The highest BCUT2D eigenvalue weighted by atomic mass is 16.6. The smallest absolute Gasteiger partial charge is 0.295 e. The van der Waals surface area contributed by atoms with E-state index >= 15 is 0 Å². The fraction of sp³-hybridized carbons (Fsp3) is 0.241. The third kappa shape index (κ3) is 5.09. The average molecular weight is 501 g/mol. The first-order valence-electron chi connectivity index (χ1n) is 11.8. The van der Waals surface area contributed by atoms with Gasteiger partial charge in [0.05, 0.1) is 23.6 Å². The number of nitro groups is 1. The molecule has 1 fully saturated rings. The molecule has 1 aliphatic rings. The van der Waals surface area contributed by atoms with E-state index in [1.165, 1.54) is 29.2 Å². The number of hydrogen-bond donors (Lipinski definition) is 1. The van der Waals surface area contributed by atoms with Gasteiger partial charge in [-0.05, 0) is 46.4 Å². The molecule has 1 unspecified atom stereocenters. The minimum absolute atomic E-state index is 0.0646. The first-order chi connectivity index (χ1) is 17.5. The highest BCUT2D eigenvalue weighted by molar-refractivity contribution is 6.46. The maximum absolute atomic E-state index is 13.3. The fourth-order valence-corrected chi connectivity index (χ4v) is 4.42. The SMILES string of the molecule is COc1cccc(CN2C(=O)C(=O)/C(=C(\O)c3ccc([N+](=O)[O-])cc3)C2c2ccc(C(C)(C)C)cc2)c1. The van der Waals surface area contributed by atoms with Crippen molar-refractivity contribution >= 4 is 23.1 Å². The predicted molar refractivity (Wildman–Crippen MR) is 139 cm³/mol. The van der Waals surface area contributed by atoms with Gasteiger partial charge in [-0.25, -0.2) is 0 Å². The second-order valence-corrected chi connectivity index (χ2v) is 9.95. The highest BCUT2D eigenvalue weighted by Gasteiger charge is 2.46. The maximum Gasteiger partial charge on any atom is 0.295 e. The number of non-ortho nitro benzene ring substituents is 1. The molecule has 0 radical (unpaired) electrons. The monoisotopic (exact) mass is 500 g/mol. The van der Waals surface area contributed by atoms with Crippen LogP contribution in [0.25, 0.3) is 5.76 Å². The van der Waals surface area contributed by atoms with E-state index < -0.39 is 22.7 Å². The molecule has 0 aromatic heterocycles. The van der Waals surface area contributed by atoms with Crippen LogP contribution in [0.15, 0.2) is 78.4 Å². The van der Waals surface area contributed by atoms with Gasteiger partial charge in [0.1, 0.15) is 11.5 Å². The molecule has 0 spiro atoms. The molecule has 1 atom stereocenters. The minimum atomic E-state index is -0.851. The van der Waals surface area contributed by atoms with Gasteiger partial charge in [-0.15, -0.1) is 0 Å². The molecule has 3 aromatic rings. The number of Topliss-reactive ketones (excluding diaryl/α,β-unsaturated/α-hetero) is 1. The zero-order chi connectivity index (χ0) is 26.9. The Hall–Kier alpha value is -4.46. The van der Waals surface area contributed by atoms with Crippen molar-refractivity contribution in [3.05, 3.63) is 111 Å². The van der Waals surface area contributed by atoms with Gasteiger partial charge in [-0.1, -0.05) is 57.2 Å². The molecular formula is C29H28N2O6. The van der Waals surface area contributed by atoms with Crippen molar-refractivity contribution in [3.63, 3.8) is 0 Å². The van der Waals surface area contributed by atoms with E-state index in [4.69, 9.17) is 4.74 Å². The van der Waals surface area contributed by atoms with Crippen LogP contribution in [0, 0.1) is 10.1 Å². The lowest BCUT2D eigenvalue weighted by Gasteiger charge is -2.26. The van der Waals surface area contributed by atoms with E-state index in [0.29, 0.717) is 11.3 Å². The number of nitro benzene ring substituents is 1. The first-order valence-corrected chi connectivity index (χ1v) is 11.8. The molecule has 190 valence electrons. The third-order valence-corrected chi connectivity index (χ3v) is 6.47. The standard InChI is InChI=1S/C29H28N2O6/c1-29(2,3)21-12-8-19(9-13-21)25-24(26(32)20-10-14-22(15-11-20)31(35)36)27(33)28(34)30(25)17-18-6-5-7-23(16-18)37-4/h5-16,25,32H,17H2,1-4H3/b26-24-. The molecular weight excluding hydrogens is 472 g/mol. The number of carbonyl (C=O) groups is 2. The Morgan fingerprint density at radius 2 is 1.68 bits per heavy atom. The number of ether oxygens (including phenoxy) is 1. The average Bonchev–Trinajstić information content (AvgIpc) is 3.13. The number of hydrogen-bond acceptors (Lipinski definition) is 6. The van der Waals surface area contributed by atoms with Crippen LogP contribution in [0.3, 0.4) is 0 Å². The van der Waals surface area contributed by atoms with Crippen molar-refractivity contribution in [2.75, 3.05) is 7.11 Å². The molecule has 8 nitrogen and oxygen atoms in total. The summed E-state index contributed by atoms with van der Waals surface area (Å²) < 4.78 is 5.30. The molecule has 8 heteroatoms. The number of amides is 1. The van der Waals surface area contributed by atoms with Gasteiger partial charge < -0.3 is 14.7 Å². The predicted octanol–water partition coefficient (Wildman–Crippen LogP) is 5.52. The Labute approximate surface area is 215 Å². The molecule has 1 saturated heterocycles. The Morgan fingerprint density at radius 1 is 1.03 bits per heavy atom. The zero-order valence-electron chi connectivity index (χ0n) is 21.1. The normalized spacial score (nSPS) is 17.2. The quantitative estimate of drug-likeness (QED) is 0.157. The fourth-order valence-electron chi connectivity index (χ4n) is 4.42. The Balaban J connectivity index is 1.84. The van der Waals surface area contributed by atoms with Crippen LogP contribution in [0.1, 0.15) is 49.1 Å². The summed E-state index contributed by atoms with van der Waals surface area (Å²) in [6.45, 7) is 6.38. The molecule has 0 aliphatic carbocycles. The van der Waals surface area contributed by atoms with Crippen LogP contribution >= 0.6 is 0 Å². The van der Waals surface area contributed by atoms with Crippen molar-refractivity contribution in [1.29, 1.82) is 0 Å². The second kappa shape index (κ2) is 9.89. The molecule has 0 saturated carbocycles. The van der Waals surface area contributed by atoms with Crippen molar-refractivity contribution in [2.24, 2.45) is 0 Å². The number of rotatable bonds is 6. The van der Waals surface area contributed by atoms with Gasteiger partial charge in [0.25, 0.3) is 17.4 Å². The van der Waals surface area contributed by atoms with Crippen LogP contribution in [0.2, 0.25) is 0 Å². The van der Waals surface area contributed by atoms with Crippen LogP contribution in [-0.2, 0) is 21.5 Å². The van der Waals surface area contributed by atoms with Gasteiger partial charge in [0.2, 0.25) is 0 Å². The lowest BCUT2D eigenvalue weighted by Crippen LogP contribution is -2.29. The number of aliphatic hydroxyl groups is 1. The number of aliphatic hydroxyl groups excluding tert-OH is 1. The molecule has 1 amide bonds. The zero-order valence-corrected chi connectivity index (χ0v) is 21.1. The second-order valence-electron chi connectivity index (χ2n) is 9.95. The molecule has 0 bridgehead atoms. The van der Waals surface area contributed by atoms with E-state index in [2.05, 4.69) is 20.8 Å². The van der Waals surface area contributed by atoms with Gasteiger partial charge in [-0.2, -0.15) is 0 Å². The Bertz CT molecular complexity index is 1390. The summed E-state index contributed by atoms with van der Waals surface area (Å²) in [5, 5.41) is 22.3. The molecule has 1 heterocycles. The third-order valence-electron chi connectivity index (χ3n) is 6.47. The minimum Gasteiger partial charge on any atom is -0.507 e. The van der Waals surface area contributed by atoms with Crippen molar-refractivity contribution < 1.29 is 24.4 Å². The Morgan fingerprint density at radius 3 is 2.24 bits per heavy atom. The van der Waals surface area contributed by atoms with Crippen molar-refractivity contribution in [2.45, 2.75) is 38.8 Å². The van der Waals surface area contributed by atoms with E-state index in [0.717, 1.165) is 11.1 Å². The number of ketones is 1. The summed E-state index contributed by atoms with van der Waals surface area (Å²) in [4.78, 5) is 38.5. The van der Waals surface area contributed by atoms with Crippen LogP contribution in [0.4, 0.5) is 5.69 Å². The largest absolute Gasteiger partial charge is 0.507 e. The van der Waals surface area contributed by atoms with E-state index in [-0.39, 0.29) is 34.5 Å². The summed E-state index contributed by atoms with van der Waals surface area (Å²) in [5.41, 5.74) is 2.40. The summed E-state index contributed by atoms with van der Waals surface area (Å²) in [7, 11) is 1.55. The Kier molecular flexibility index (Phi) is 6.85. The lowest BCUT2D eigenvalue weighted by molar-refractivity contribution is -0.384. The summed E-state index contributed by atoms with van der Waals surface area (Å²) in [5.74, 6) is -1.32. The van der Waals surface area contributed by atoms with Gasteiger partial charge in [-0.3, -0.25) is 19.7 Å². The topological polar surface area (TPSA) is 110 Å². The molecule has 1 aliphatic heterocycles. The van der Waals surface area contributed by atoms with Gasteiger partial charge in [0.15, 0.2) is 0 Å². The highest BCUT2D eigenvalue weighted by Crippen LogP contribution is 2.41. The van der Waals surface area contributed by atoms with E-state index in [9.17, 15) is 24.8 Å². The summed E-state index contributed by atoms with van der Waals surface area (Å²) >= 11 is 0.